The molecule has 1 aromatic rings. The molecule has 2 aliphatic heterocycles. The van der Waals surface area contributed by atoms with Crippen molar-refractivity contribution < 1.29 is 52.4 Å². The summed E-state index contributed by atoms with van der Waals surface area (Å²) in [5.41, 5.74) is 0.0898. The molecule has 0 saturated carbocycles. The minimum Gasteiger partial charge on any atom is -0.469 e. The number of hydrogen-bond donors (Lipinski definition) is 2. The maximum atomic E-state index is 14.7. The smallest absolute Gasteiger partial charge is 0.410 e. The number of piperazine rings is 1. The molecule has 4 amide bonds. The number of methoxy groups -OCH3 is 3. The molecule has 3 rings (SSSR count). The van der Waals surface area contributed by atoms with Gasteiger partial charge in [0, 0.05) is 74.5 Å². The number of carbonyl (C=O) groups is 5. The fourth-order valence-corrected chi connectivity index (χ4v) is 10.4. The molecule has 2 heterocycles. The van der Waals surface area contributed by atoms with Crippen LogP contribution in [0.2, 0.25) is 0 Å². The van der Waals surface area contributed by atoms with Crippen LogP contribution in [-0.2, 0) is 49.1 Å². The average Bonchev–Trinajstić information content (AvgIpc) is 3.75. The second kappa shape index (κ2) is 25.2. The predicted octanol–water partition coefficient (Wildman–Crippen LogP) is 4.53. The van der Waals surface area contributed by atoms with Crippen molar-refractivity contribution in [2.45, 2.75) is 129 Å². The molecule has 19 heteroatoms. The number of ether oxygens (including phenoxy) is 4. The molecule has 2 aliphatic rings. The number of rotatable bonds is 20. The number of nitrogens with zero attached hydrogens (tertiary/aromatic N) is 6. The van der Waals surface area contributed by atoms with E-state index in [1.807, 2.05) is 73.5 Å². The Kier molecular flexibility index (Phi) is 21.4. The van der Waals surface area contributed by atoms with E-state index >= 15 is 0 Å². The van der Waals surface area contributed by atoms with Crippen LogP contribution in [0.25, 0.3) is 0 Å². The monoisotopic (exact) mass is 950 g/mol. The topological polar surface area (TPSA) is 200 Å². The van der Waals surface area contributed by atoms with Gasteiger partial charge in [-0.1, -0.05) is 71.4 Å². The normalized spacial score (nSPS) is 20.0. The van der Waals surface area contributed by atoms with Crippen molar-refractivity contribution in [2.75, 3.05) is 81.4 Å². The Hall–Kier alpha value is -4.25. The van der Waals surface area contributed by atoms with E-state index in [9.17, 15) is 33.4 Å². The largest absolute Gasteiger partial charge is 0.469 e. The minimum absolute atomic E-state index is 0.00176. The molecule has 2 saturated heterocycles. The number of aliphatic imine (C=N–C) groups is 1. The highest BCUT2D eigenvalue weighted by Crippen LogP contribution is 2.46. The van der Waals surface area contributed by atoms with Gasteiger partial charge in [-0.2, -0.15) is 0 Å². The van der Waals surface area contributed by atoms with Crippen LogP contribution in [0.1, 0.15) is 86.6 Å². The lowest BCUT2D eigenvalue weighted by Gasteiger charge is -2.41. The molecule has 0 radical (unpaired) electrons. The van der Waals surface area contributed by atoms with E-state index in [1.54, 1.807) is 60.0 Å². The van der Waals surface area contributed by atoms with Crippen molar-refractivity contribution in [3.8, 4) is 0 Å². The van der Waals surface area contributed by atoms with Crippen LogP contribution in [0.15, 0.2) is 35.3 Å². The lowest BCUT2D eigenvalue weighted by atomic mass is 9.89. The van der Waals surface area contributed by atoms with Crippen LogP contribution in [0, 0.1) is 17.8 Å². The van der Waals surface area contributed by atoms with Crippen LogP contribution in [-0.4, -0.2) is 188 Å². The zero-order valence-corrected chi connectivity index (χ0v) is 42.9. The second-order valence-corrected chi connectivity index (χ2v) is 21.7. The maximum absolute atomic E-state index is 14.7. The van der Waals surface area contributed by atoms with Crippen LogP contribution in [0.3, 0.4) is 0 Å². The summed E-state index contributed by atoms with van der Waals surface area (Å²) in [6.45, 7) is 17.5. The Balaban J connectivity index is 1.83. The van der Waals surface area contributed by atoms with Crippen molar-refractivity contribution in [3.63, 3.8) is 0 Å². The highest BCUT2D eigenvalue weighted by molar-refractivity contribution is 7.59. The number of esters is 1. The maximum Gasteiger partial charge on any atom is 0.410 e. The lowest BCUT2D eigenvalue weighted by Crippen LogP contribution is -2.56. The van der Waals surface area contributed by atoms with Gasteiger partial charge in [-0.3, -0.25) is 23.7 Å². The standard InChI is InChI=1S/C47H80N7O11P/c1-15-32(4)41(51(11)44(58)40(31(2)3)49-45(50(9)10)52-24-26-53(27-25-52)46(59)65-47(6,7)8)36(62-12)29-38(55)54-23-19-22-35(54)42(64-14)33(5)43(57)48-37(28-34-20-17-16-18-21-34)66(60,61)30-39(56)63-13/h16-18,20-21,31-33,35-37,40-42H,15,19,22-30H2,1-14H3,(H,48,57)(H,60,61)/t32-,33+,35?,36+,37+,40?,41-,42+/m0/s1. The molecule has 2 fully saturated rings. The van der Waals surface area contributed by atoms with E-state index < -0.39 is 73.0 Å². The van der Waals surface area contributed by atoms with Gasteiger partial charge >= 0.3 is 12.1 Å². The van der Waals surface area contributed by atoms with Crippen molar-refractivity contribution in [1.82, 2.24) is 29.8 Å². The summed E-state index contributed by atoms with van der Waals surface area (Å²) in [6.07, 6.45) is -0.730. The molecule has 0 bridgehead atoms. The van der Waals surface area contributed by atoms with E-state index in [-0.39, 0.29) is 42.6 Å². The quantitative estimate of drug-likeness (QED) is 0.0801. The zero-order chi connectivity index (χ0) is 49.7. The van der Waals surface area contributed by atoms with Crippen molar-refractivity contribution >= 4 is 43.1 Å². The van der Waals surface area contributed by atoms with Gasteiger partial charge in [0.2, 0.25) is 25.1 Å². The zero-order valence-electron chi connectivity index (χ0n) is 42.0. The first-order chi connectivity index (χ1) is 30.9. The molecule has 0 aromatic heterocycles. The summed E-state index contributed by atoms with van der Waals surface area (Å²) in [5, 5.41) is 2.75. The van der Waals surface area contributed by atoms with E-state index in [1.165, 1.54) is 7.11 Å². The predicted molar refractivity (Wildman–Crippen MR) is 254 cm³/mol. The third kappa shape index (κ3) is 15.4. The lowest BCUT2D eigenvalue weighted by molar-refractivity contribution is -0.146. The van der Waals surface area contributed by atoms with E-state index in [4.69, 9.17) is 19.2 Å². The minimum atomic E-state index is -4.30. The molecule has 66 heavy (non-hydrogen) atoms. The summed E-state index contributed by atoms with van der Waals surface area (Å²) in [5.74, 6) is -3.63. The first-order valence-electron chi connectivity index (χ1n) is 23.2. The SMILES string of the molecule is CC[C@H](C)[C@@H]([C@@H](CC(=O)N1CCCC1[C@H](OC)[C@@H](C)C(=O)N[C@@H](Cc1ccccc1)P(=O)(O)CC(=O)OC)OC)N(C)C(=O)C(N=C(N(C)C)N1CCN(C(=O)OC(C)(C)C)CC1)C(C)C. The fourth-order valence-electron chi connectivity index (χ4n) is 8.81. The first-order valence-corrected chi connectivity index (χ1v) is 25.1. The van der Waals surface area contributed by atoms with Gasteiger partial charge in [-0.15, -0.1) is 0 Å². The van der Waals surface area contributed by atoms with Crippen LogP contribution < -0.4 is 5.32 Å². The van der Waals surface area contributed by atoms with Crippen LogP contribution in [0.5, 0.6) is 0 Å². The Labute approximate surface area is 393 Å². The summed E-state index contributed by atoms with van der Waals surface area (Å²) >= 11 is 0. The molecule has 9 atom stereocenters. The molecule has 374 valence electrons. The number of guanidine groups is 1. The van der Waals surface area contributed by atoms with Gasteiger partial charge in [0.15, 0.2) is 5.96 Å². The van der Waals surface area contributed by atoms with Gasteiger partial charge in [-0.25, -0.2) is 9.79 Å². The average molecular weight is 950 g/mol. The number of carbonyl (C=O) groups excluding carboxylic acids is 5. The third-order valence-corrected chi connectivity index (χ3v) is 14.7. The number of likely N-dealkylation sites (tertiary alicyclic amines) is 1. The number of amides is 4. The number of benzene rings is 1. The van der Waals surface area contributed by atoms with Gasteiger partial charge < -0.3 is 53.7 Å². The van der Waals surface area contributed by atoms with Crippen molar-refractivity contribution in [2.24, 2.45) is 22.7 Å². The molecular formula is C47H80N7O11P. The number of hydrogen-bond acceptors (Lipinski definition) is 11. The Morgan fingerprint density at radius 3 is 2.05 bits per heavy atom. The van der Waals surface area contributed by atoms with E-state index in [2.05, 4.69) is 15.0 Å². The fraction of sp³-hybridized carbons (Fsp3) is 0.745. The molecule has 2 N–H and O–H groups in total. The van der Waals surface area contributed by atoms with Crippen LogP contribution in [0.4, 0.5) is 4.79 Å². The summed E-state index contributed by atoms with van der Waals surface area (Å²) in [6, 6.07) is 7.14. The van der Waals surface area contributed by atoms with Crippen molar-refractivity contribution in [1.29, 1.82) is 0 Å². The van der Waals surface area contributed by atoms with Gasteiger partial charge in [0.05, 0.1) is 43.7 Å². The van der Waals surface area contributed by atoms with Gasteiger partial charge in [0.1, 0.15) is 23.6 Å². The summed E-state index contributed by atoms with van der Waals surface area (Å²) in [7, 11) is 5.36. The van der Waals surface area contributed by atoms with E-state index in [0.717, 1.165) is 7.11 Å². The number of likely N-dealkylation sites (N-methyl/N-ethyl adjacent to an activating group) is 1. The molecule has 3 unspecified atom stereocenters. The molecule has 0 spiro atoms. The van der Waals surface area contributed by atoms with Crippen LogP contribution >= 0.6 is 7.37 Å². The first kappa shape index (κ1) is 56.1. The summed E-state index contributed by atoms with van der Waals surface area (Å²) < 4.78 is 35.9. The molecular weight excluding hydrogens is 870 g/mol. The van der Waals surface area contributed by atoms with Crippen molar-refractivity contribution in [3.05, 3.63) is 35.9 Å². The molecule has 18 nitrogen and oxygen atoms in total. The van der Waals surface area contributed by atoms with Gasteiger partial charge in [-0.05, 0) is 51.0 Å². The highest BCUT2D eigenvalue weighted by atomic mass is 31.2. The van der Waals surface area contributed by atoms with E-state index in [0.29, 0.717) is 63.5 Å². The summed E-state index contributed by atoms with van der Waals surface area (Å²) in [4.78, 5) is 93.3. The van der Waals surface area contributed by atoms with Gasteiger partial charge in [0.25, 0.3) is 0 Å². The second-order valence-electron chi connectivity index (χ2n) is 19.3. The number of nitrogens with one attached hydrogen (secondary N) is 1. The molecule has 0 aliphatic carbocycles. The highest BCUT2D eigenvalue weighted by Gasteiger charge is 2.44. The Bertz CT molecular complexity index is 1840. The third-order valence-electron chi connectivity index (χ3n) is 12.7. The molecule has 1 aromatic carbocycles. The Morgan fingerprint density at radius 2 is 1.53 bits per heavy atom. The Morgan fingerprint density at radius 1 is 0.924 bits per heavy atom.